The summed E-state index contributed by atoms with van der Waals surface area (Å²) in [5, 5.41) is 0.135. The summed E-state index contributed by atoms with van der Waals surface area (Å²) in [6.45, 7) is 29.1. The third-order valence-corrected chi connectivity index (χ3v) is 18.2. The van der Waals surface area contributed by atoms with Gasteiger partial charge in [-0.25, -0.2) is 0 Å². The van der Waals surface area contributed by atoms with Gasteiger partial charge < -0.3 is 27.8 Å². The summed E-state index contributed by atoms with van der Waals surface area (Å²) >= 11 is 0. The van der Waals surface area contributed by atoms with E-state index in [4.69, 9.17) is 27.8 Å². The van der Waals surface area contributed by atoms with Crippen LogP contribution in [0, 0.1) is 5.41 Å². The number of hydrogen-bond donors (Lipinski definition) is 0. The maximum absolute atomic E-state index is 12.7. The van der Waals surface area contributed by atoms with Gasteiger partial charge in [-0.2, -0.15) is 0 Å². The monoisotopic (exact) mass is 624 g/mol. The molecule has 0 radical (unpaired) electrons. The number of carbonyl (C=O) groups excluding carboxylic acids is 1. The Morgan fingerprint density at radius 1 is 0.857 bits per heavy atom. The summed E-state index contributed by atoms with van der Waals surface area (Å²) in [6.07, 6.45) is -1.13. The molecule has 0 N–H and O–H groups in total. The number of ether oxygens (including phenoxy) is 4. The van der Waals surface area contributed by atoms with E-state index in [0.29, 0.717) is 19.6 Å². The maximum atomic E-state index is 12.7. The fourth-order valence-corrected chi connectivity index (χ4v) is 6.66. The second kappa shape index (κ2) is 14.4. The molecular weight excluding hydrogens is 565 g/mol. The molecule has 0 spiro atoms. The Morgan fingerprint density at radius 3 is 1.93 bits per heavy atom. The van der Waals surface area contributed by atoms with Gasteiger partial charge in [0.05, 0.1) is 30.8 Å². The van der Waals surface area contributed by atoms with Gasteiger partial charge in [0.2, 0.25) is 0 Å². The van der Waals surface area contributed by atoms with Crippen molar-refractivity contribution in [3.8, 4) is 0 Å². The lowest BCUT2D eigenvalue weighted by atomic mass is 9.97. The first kappa shape index (κ1) is 37.1. The van der Waals surface area contributed by atoms with Crippen molar-refractivity contribution in [1.82, 2.24) is 0 Å². The quantitative estimate of drug-likeness (QED) is 0.164. The van der Waals surface area contributed by atoms with Crippen molar-refractivity contribution in [2.75, 3.05) is 20.3 Å². The van der Waals surface area contributed by atoms with Gasteiger partial charge in [-0.3, -0.25) is 4.79 Å². The van der Waals surface area contributed by atoms with E-state index in [1.807, 2.05) is 51.1 Å². The van der Waals surface area contributed by atoms with Gasteiger partial charge in [0.25, 0.3) is 0 Å². The van der Waals surface area contributed by atoms with Gasteiger partial charge in [0, 0.05) is 13.5 Å². The summed E-state index contributed by atoms with van der Waals surface area (Å²) in [6, 6.07) is 10.0. The fraction of sp³-hybridized carbons (Fsp3) is 0.788. The molecule has 0 aromatic heterocycles. The van der Waals surface area contributed by atoms with E-state index >= 15 is 0 Å². The molecular formula is C33H60O7Si2. The maximum Gasteiger partial charge on any atom is 0.311 e. The molecule has 7 nitrogen and oxygen atoms in total. The molecule has 1 aliphatic rings. The SMILES string of the molecule is CO[C@@H]1[C@@H](OCc2ccccc2)[C@H](COC(=O)C(C)(C)C)O[C@@H]1C[C@@H](CO[Si](C)(C)C(C)(C)C)O[Si](C)(C)C(C)(C)C. The number of hydrogen-bond acceptors (Lipinski definition) is 7. The first-order valence-corrected chi connectivity index (χ1v) is 21.2. The molecule has 5 atom stereocenters. The Hall–Kier alpha value is -1.08. The first-order chi connectivity index (χ1) is 19.1. The highest BCUT2D eigenvalue weighted by atomic mass is 28.4. The normalized spacial score (nSPS) is 23.2. The third-order valence-electron chi connectivity index (χ3n) is 9.15. The van der Waals surface area contributed by atoms with E-state index in [1.54, 1.807) is 7.11 Å². The zero-order chi connectivity index (χ0) is 32.1. The summed E-state index contributed by atoms with van der Waals surface area (Å²) < 4.78 is 38.6. The Labute approximate surface area is 258 Å². The second-order valence-corrected chi connectivity index (χ2v) is 25.4. The van der Waals surface area contributed by atoms with Crippen molar-refractivity contribution >= 4 is 22.6 Å². The second-order valence-electron chi connectivity index (χ2n) is 15.8. The van der Waals surface area contributed by atoms with Crippen LogP contribution >= 0.6 is 0 Å². The smallest absolute Gasteiger partial charge is 0.311 e. The van der Waals surface area contributed by atoms with Crippen LogP contribution in [0.1, 0.15) is 74.3 Å². The van der Waals surface area contributed by atoms with Gasteiger partial charge in [-0.05, 0) is 62.6 Å². The number of carbonyl (C=O) groups is 1. The molecule has 1 saturated heterocycles. The van der Waals surface area contributed by atoms with Gasteiger partial charge in [-0.1, -0.05) is 71.9 Å². The molecule has 42 heavy (non-hydrogen) atoms. The largest absolute Gasteiger partial charge is 0.462 e. The van der Waals surface area contributed by atoms with Crippen LogP contribution in [0.2, 0.25) is 36.3 Å². The minimum atomic E-state index is -2.12. The topological polar surface area (TPSA) is 72.5 Å². The number of rotatable bonds is 13. The van der Waals surface area contributed by atoms with Crippen molar-refractivity contribution in [2.24, 2.45) is 5.41 Å². The molecule has 242 valence electrons. The standard InChI is InChI=1S/C33H60O7Si2/c1-31(2,3)30(34)37-23-27-29(36-21-24-18-16-15-17-19-24)28(35-10)26(39-27)20-25(40-42(13,14)33(7,8)9)22-38-41(11,12)32(4,5)6/h15-19,25-29H,20-23H2,1-14H3/t25-,26+,27-,28-,29-/m0/s1. The molecule has 1 heterocycles. The van der Waals surface area contributed by atoms with Gasteiger partial charge in [0.1, 0.15) is 24.9 Å². The minimum Gasteiger partial charge on any atom is -0.462 e. The molecule has 1 aromatic carbocycles. The summed E-state index contributed by atoms with van der Waals surface area (Å²) in [7, 11) is -2.44. The zero-order valence-corrected chi connectivity index (χ0v) is 31.0. The predicted octanol–water partition coefficient (Wildman–Crippen LogP) is 7.75. The van der Waals surface area contributed by atoms with Crippen molar-refractivity contribution in [1.29, 1.82) is 0 Å². The van der Waals surface area contributed by atoms with E-state index in [2.05, 4.69) is 67.7 Å². The lowest BCUT2D eigenvalue weighted by molar-refractivity contribution is -0.159. The van der Waals surface area contributed by atoms with Crippen LogP contribution in [0.25, 0.3) is 0 Å². The van der Waals surface area contributed by atoms with Crippen LogP contribution in [0.3, 0.4) is 0 Å². The van der Waals surface area contributed by atoms with Crippen LogP contribution < -0.4 is 0 Å². The molecule has 0 unspecified atom stereocenters. The Bertz CT molecular complexity index is 977. The van der Waals surface area contributed by atoms with Crippen molar-refractivity contribution in [3.05, 3.63) is 35.9 Å². The molecule has 1 fully saturated rings. The molecule has 0 aliphatic carbocycles. The van der Waals surface area contributed by atoms with E-state index in [9.17, 15) is 4.79 Å². The van der Waals surface area contributed by atoms with Gasteiger partial charge in [-0.15, -0.1) is 0 Å². The molecule has 0 bridgehead atoms. The van der Waals surface area contributed by atoms with Gasteiger partial charge in [0.15, 0.2) is 16.6 Å². The van der Waals surface area contributed by atoms with Crippen LogP contribution in [0.15, 0.2) is 30.3 Å². The minimum absolute atomic E-state index is 0.0461. The van der Waals surface area contributed by atoms with Crippen molar-refractivity contribution in [2.45, 2.75) is 142 Å². The highest BCUT2D eigenvalue weighted by Gasteiger charge is 2.49. The highest BCUT2D eigenvalue weighted by molar-refractivity contribution is 6.74. The summed E-state index contributed by atoms with van der Waals surface area (Å²) in [4.78, 5) is 12.7. The van der Waals surface area contributed by atoms with E-state index in [-0.39, 0.29) is 41.0 Å². The molecule has 9 heteroatoms. The van der Waals surface area contributed by atoms with Crippen molar-refractivity contribution < 1.29 is 32.6 Å². The van der Waals surface area contributed by atoms with Crippen molar-refractivity contribution in [3.63, 3.8) is 0 Å². The van der Waals surface area contributed by atoms with Crippen LogP contribution in [0.5, 0.6) is 0 Å². The summed E-state index contributed by atoms with van der Waals surface area (Å²) in [5.74, 6) is -0.271. The Balaban J connectivity index is 2.33. The molecule has 1 aromatic rings. The van der Waals surface area contributed by atoms with Crippen LogP contribution in [-0.4, -0.2) is 73.4 Å². The van der Waals surface area contributed by atoms with Crippen LogP contribution in [0.4, 0.5) is 0 Å². The average molecular weight is 625 g/mol. The number of benzene rings is 1. The zero-order valence-electron chi connectivity index (χ0n) is 29.0. The average Bonchev–Trinajstić information content (AvgIpc) is 3.18. The first-order valence-electron chi connectivity index (χ1n) is 15.4. The highest BCUT2D eigenvalue weighted by Crippen LogP contribution is 2.40. The molecule has 0 saturated carbocycles. The van der Waals surface area contributed by atoms with Crippen LogP contribution in [-0.2, 0) is 39.2 Å². The predicted molar refractivity (Wildman–Crippen MR) is 175 cm³/mol. The number of methoxy groups -OCH3 is 1. The Kier molecular flexibility index (Phi) is 12.7. The molecule has 1 aliphatic heterocycles. The van der Waals surface area contributed by atoms with Gasteiger partial charge >= 0.3 is 5.97 Å². The summed E-state index contributed by atoms with van der Waals surface area (Å²) in [5.41, 5.74) is 0.450. The molecule has 2 rings (SSSR count). The lowest BCUT2D eigenvalue weighted by Gasteiger charge is -2.42. The van der Waals surface area contributed by atoms with E-state index in [1.165, 1.54) is 0 Å². The molecule has 0 amide bonds. The number of esters is 1. The Morgan fingerprint density at radius 2 is 1.43 bits per heavy atom. The third kappa shape index (κ3) is 10.2. The lowest BCUT2D eigenvalue weighted by Crippen LogP contribution is -2.49. The van der Waals surface area contributed by atoms with E-state index in [0.717, 1.165) is 5.56 Å². The fourth-order valence-electron chi connectivity index (χ4n) is 4.28. The van der Waals surface area contributed by atoms with E-state index < -0.39 is 34.3 Å².